The number of nitrogens with zero attached hydrogens (tertiary/aromatic N) is 1. The van der Waals surface area contributed by atoms with Crippen molar-refractivity contribution in [2.45, 2.75) is 6.04 Å². The minimum atomic E-state index is -1.06. The molecule has 3 aromatic carbocycles. The first-order valence-corrected chi connectivity index (χ1v) is 10.7. The summed E-state index contributed by atoms with van der Waals surface area (Å²) >= 11 is 18.3. The van der Waals surface area contributed by atoms with E-state index in [9.17, 15) is 19.1 Å². The molecule has 1 heterocycles. The number of methoxy groups -OCH3 is 1. The van der Waals surface area contributed by atoms with Crippen molar-refractivity contribution in [3.8, 4) is 5.75 Å². The summed E-state index contributed by atoms with van der Waals surface area (Å²) in [5.41, 5.74) is 0.583. The number of benzene rings is 3. The number of rotatable bonds is 4. The zero-order chi connectivity index (χ0) is 23.9. The quantitative estimate of drug-likeness (QED) is 0.252. The van der Waals surface area contributed by atoms with Crippen LogP contribution in [0.4, 0.5) is 10.1 Å². The summed E-state index contributed by atoms with van der Waals surface area (Å²) in [6.45, 7) is 0. The Kier molecular flexibility index (Phi) is 6.34. The molecule has 168 valence electrons. The Hall–Kier alpha value is -3.06. The Morgan fingerprint density at radius 3 is 2.21 bits per heavy atom. The third-order valence-corrected chi connectivity index (χ3v) is 5.95. The largest absolute Gasteiger partial charge is 0.507 e. The Labute approximate surface area is 203 Å². The monoisotopic (exact) mass is 505 g/mol. The van der Waals surface area contributed by atoms with E-state index in [2.05, 4.69) is 0 Å². The highest BCUT2D eigenvalue weighted by Gasteiger charge is 2.47. The highest BCUT2D eigenvalue weighted by atomic mass is 35.5. The zero-order valence-electron chi connectivity index (χ0n) is 17.0. The number of carbonyl (C=O) groups is 2. The van der Waals surface area contributed by atoms with Crippen molar-refractivity contribution in [3.63, 3.8) is 0 Å². The summed E-state index contributed by atoms with van der Waals surface area (Å²) in [5.74, 6) is -2.75. The molecule has 1 aliphatic rings. The predicted molar refractivity (Wildman–Crippen MR) is 126 cm³/mol. The molecule has 33 heavy (non-hydrogen) atoms. The van der Waals surface area contributed by atoms with Crippen LogP contribution in [-0.4, -0.2) is 23.9 Å². The minimum absolute atomic E-state index is 0.0382. The van der Waals surface area contributed by atoms with E-state index in [0.29, 0.717) is 16.3 Å². The molecule has 1 fully saturated rings. The van der Waals surface area contributed by atoms with E-state index in [4.69, 9.17) is 39.5 Å². The van der Waals surface area contributed by atoms with E-state index in [1.807, 2.05) is 0 Å². The molecular weight excluding hydrogens is 492 g/mol. The number of Topliss-reactive ketones (excluding diaryl/α,β-unsaturated/α-hetero) is 1. The van der Waals surface area contributed by atoms with Gasteiger partial charge in [-0.1, -0.05) is 46.9 Å². The van der Waals surface area contributed by atoms with Crippen molar-refractivity contribution in [2.75, 3.05) is 12.0 Å². The number of ether oxygens (including phenoxy) is 1. The van der Waals surface area contributed by atoms with E-state index in [0.717, 1.165) is 0 Å². The maximum absolute atomic E-state index is 13.6. The molecule has 3 aromatic rings. The molecule has 0 aliphatic carbocycles. The molecule has 1 saturated heterocycles. The van der Waals surface area contributed by atoms with Crippen LogP contribution in [0.25, 0.3) is 5.76 Å². The summed E-state index contributed by atoms with van der Waals surface area (Å²) in [6, 6.07) is 13.3. The maximum atomic E-state index is 13.6. The number of aliphatic hydroxyl groups excluding tert-OH is 1. The normalized spacial score (nSPS) is 17.5. The molecular formula is C24H15Cl3FNO4. The summed E-state index contributed by atoms with van der Waals surface area (Å²) in [6.07, 6.45) is 0. The fourth-order valence-electron chi connectivity index (χ4n) is 3.75. The number of anilines is 1. The summed E-state index contributed by atoms with van der Waals surface area (Å²) in [4.78, 5) is 27.5. The van der Waals surface area contributed by atoms with Crippen LogP contribution in [0.3, 0.4) is 0 Å². The third kappa shape index (κ3) is 4.17. The number of hydrogen-bond acceptors (Lipinski definition) is 4. The van der Waals surface area contributed by atoms with Gasteiger partial charge in [0.2, 0.25) is 0 Å². The SMILES string of the molecule is COc1c(Cl)cc(Cl)cc1/C(O)=C1\C(=O)C(=O)N(c2ccc(Cl)cc2)C1c1ccc(F)cc1. The predicted octanol–water partition coefficient (Wildman–Crippen LogP) is 6.42. The Balaban J connectivity index is 2.00. The molecule has 1 N–H and O–H groups in total. The molecule has 1 unspecified atom stereocenters. The fraction of sp³-hybridized carbons (Fsp3) is 0.0833. The molecule has 0 aromatic heterocycles. The van der Waals surface area contributed by atoms with Crippen molar-refractivity contribution in [1.29, 1.82) is 0 Å². The van der Waals surface area contributed by atoms with Crippen LogP contribution >= 0.6 is 34.8 Å². The van der Waals surface area contributed by atoms with Crippen LogP contribution < -0.4 is 9.64 Å². The van der Waals surface area contributed by atoms with Gasteiger partial charge in [0.15, 0.2) is 0 Å². The first-order valence-electron chi connectivity index (χ1n) is 9.58. The molecule has 1 amide bonds. The Bertz CT molecular complexity index is 1290. The lowest BCUT2D eigenvalue weighted by Gasteiger charge is -2.25. The molecule has 1 atom stereocenters. The topological polar surface area (TPSA) is 66.8 Å². The smallest absolute Gasteiger partial charge is 0.300 e. The van der Waals surface area contributed by atoms with E-state index in [1.165, 1.54) is 48.4 Å². The van der Waals surface area contributed by atoms with Gasteiger partial charge >= 0.3 is 0 Å². The number of halogens is 4. The summed E-state index contributed by atoms with van der Waals surface area (Å²) in [5, 5.41) is 12.0. The van der Waals surface area contributed by atoms with Gasteiger partial charge in [0.05, 0.1) is 29.3 Å². The lowest BCUT2D eigenvalue weighted by molar-refractivity contribution is -0.132. The van der Waals surface area contributed by atoms with E-state index in [-0.39, 0.29) is 26.9 Å². The van der Waals surface area contributed by atoms with Gasteiger partial charge in [-0.2, -0.15) is 0 Å². The number of hydrogen-bond donors (Lipinski definition) is 1. The van der Waals surface area contributed by atoms with Crippen molar-refractivity contribution in [1.82, 2.24) is 0 Å². The van der Waals surface area contributed by atoms with Gasteiger partial charge in [-0.25, -0.2) is 4.39 Å². The molecule has 0 saturated carbocycles. The van der Waals surface area contributed by atoms with Crippen molar-refractivity contribution >= 4 is 57.9 Å². The van der Waals surface area contributed by atoms with E-state index in [1.54, 1.807) is 24.3 Å². The number of amides is 1. The van der Waals surface area contributed by atoms with E-state index < -0.39 is 29.3 Å². The molecule has 1 aliphatic heterocycles. The molecule has 0 spiro atoms. The van der Waals surface area contributed by atoms with Crippen molar-refractivity contribution in [3.05, 3.63) is 98.2 Å². The number of aliphatic hydroxyl groups is 1. The molecule has 4 rings (SSSR count). The van der Waals surface area contributed by atoms with Crippen LogP contribution in [-0.2, 0) is 9.59 Å². The van der Waals surface area contributed by atoms with Gasteiger partial charge < -0.3 is 9.84 Å². The summed E-state index contributed by atoms with van der Waals surface area (Å²) in [7, 11) is 1.34. The van der Waals surface area contributed by atoms with Gasteiger partial charge in [-0.3, -0.25) is 14.5 Å². The lowest BCUT2D eigenvalue weighted by atomic mass is 9.94. The van der Waals surface area contributed by atoms with Gasteiger partial charge in [-0.05, 0) is 54.1 Å². The average molecular weight is 507 g/mol. The van der Waals surface area contributed by atoms with Gasteiger partial charge in [0.1, 0.15) is 17.3 Å². The maximum Gasteiger partial charge on any atom is 0.300 e. The second-order valence-corrected chi connectivity index (χ2v) is 8.45. The van der Waals surface area contributed by atoms with Crippen LogP contribution in [0.1, 0.15) is 17.2 Å². The van der Waals surface area contributed by atoms with Crippen LogP contribution in [0, 0.1) is 5.82 Å². The third-order valence-electron chi connectivity index (χ3n) is 5.20. The van der Waals surface area contributed by atoms with Crippen LogP contribution in [0.5, 0.6) is 5.75 Å². The van der Waals surface area contributed by atoms with Crippen LogP contribution in [0.2, 0.25) is 15.1 Å². The first kappa shape index (κ1) is 23.1. The number of ketones is 1. The Morgan fingerprint density at radius 1 is 0.970 bits per heavy atom. The van der Waals surface area contributed by atoms with E-state index >= 15 is 0 Å². The first-order chi connectivity index (χ1) is 15.7. The zero-order valence-corrected chi connectivity index (χ0v) is 19.2. The van der Waals surface area contributed by atoms with Gasteiger partial charge in [0, 0.05) is 15.7 Å². The second-order valence-electron chi connectivity index (χ2n) is 7.17. The molecule has 0 bridgehead atoms. The van der Waals surface area contributed by atoms with Gasteiger partial charge in [-0.15, -0.1) is 0 Å². The standard InChI is InChI=1S/C24H15Cl3FNO4/c1-33-23-17(10-14(26)11-18(23)27)21(30)19-20(12-2-6-15(28)7-3-12)29(24(32)22(19)31)16-8-4-13(25)5-9-16/h2-11,20,30H,1H3/b21-19+. The fourth-order valence-corrected chi connectivity index (χ4v) is 4.45. The molecule has 5 nitrogen and oxygen atoms in total. The lowest BCUT2D eigenvalue weighted by Crippen LogP contribution is -2.29. The second kappa shape index (κ2) is 9.06. The van der Waals surface area contributed by atoms with Gasteiger partial charge in [0.25, 0.3) is 11.7 Å². The summed E-state index contributed by atoms with van der Waals surface area (Å²) < 4.78 is 18.9. The highest BCUT2D eigenvalue weighted by Crippen LogP contribution is 2.45. The average Bonchev–Trinajstić information content (AvgIpc) is 3.04. The number of carbonyl (C=O) groups excluding carboxylic acids is 2. The van der Waals surface area contributed by atoms with Crippen molar-refractivity contribution < 1.29 is 23.8 Å². The molecule has 0 radical (unpaired) electrons. The van der Waals surface area contributed by atoms with Crippen molar-refractivity contribution in [2.24, 2.45) is 0 Å². The van der Waals surface area contributed by atoms with Crippen LogP contribution in [0.15, 0.2) is 66.2 Å². The minimum Gasteiger partial charge on any atom is -0.507 e. The Morgan fingerprint density at radius 2 is 1.61 bits per heavy atom. The molecule has 9 heteroatoms. The highest BCUT2D eigenvalue weighted by molar-refractivity contribution is 6.52.